The fourth-order valence-corrected chi connectivity index (χ4v) is 5.87. The number of hydrogen-bond acceptors (Lipinski definition) is 9. The van der Waals surface area contributed by atoms with Crippen molar-refractivity contribution >= 4 is 28.3 Å². The zero-order chi connectivity index (χ0) is 29.1. The molecule has 6 rings (SSSR count). The summed E-state index contributed by atoms with van der Waals surface area (Å²) in [4.78, 5) is 23.9. The van der Waals surface area contributed by atoms with Crippen LogP contribution in [-0.4, -0.2) is 65.3 Å². The van der Waals surface area contributed by atoms with Gasteiger partial charge in [0.1, 0.15) is 29.4 Å². The molecule has 42 heavy (non-hydrogen) atoms. The predicted octanol–water partition coefficient (Wildman–Crippen LogP) is 5.92. The van der Waals surface area contributed by atoms with Crippen LogP contribution in [0.4, 0.5) is 0 Å². The van der Waals surface area contributed by atoms with Gasteiger partial charge in [0.15, 0.2) is 0 Å². The van der Waals surface area contributed by atoms with E-state index in [-0.39, 0.29) is 18.6 Å². The summed E-state index contributed by atoms with van der Waals surface area (Å²) in [6.45, 7) is 9.67. The molecule has 4 aromatic rings. The average Bonchev–Trinajstić information content (AvgIpc) is 3.36. The van der Waals surface area contributed by atoms with E-state index in [0.29, 0.717) is 40.1 Å². The molecule has 2 aromatic heterocycles. The van der Waals surface area contributed by atoms with Crippen LogP contribution in [-0.2, 0) is 22.4 Å². The summed E-state index contributed by atoms with van der Waals surface area (Å²) in [5.41, 5.74) is 3.52. The number of piperidine rings is 1. The van der Waals surface area contributed by atoms with E-state index < -0.39 is 0 Å². The minimum absolute atomic E-state index is 0.00180. The van der Waals surface area contributed by atoms with Crippen LogP contribution in [0, 0.1) is 19.3 Å². The standard InChI is InChI=1S/C32H35ClN4O5/c1-21-12-27-29(17-30(21)40-11-3-8-37-9-6-32(7-10-37)18-39-19-32)34-20-35-31(27)41-26-5-4-23(28(33)16-26)14-25(38)15-24-13-22(2)42-36-24/h4-5,12-13,16-17,20H,3,6-11,14-15,18-19H2,1-2H3. The monoisotopic (exact) mass is 590 g/mol. The Labute approximate surface area is 250 Å². The van der Waals surface area contributed by atoms with Gasteiger partial charge in [0.25, 0.3) is 0 Å². The smallest absolute Gasteiger partial charge is 0.230 e. The van der Waals surface area contributed by atoms with Gasteiger partial charge in [-0.15, -0.1) is 0 Å². The van der Waals surface area contributed by atoms with Gasteiger partial charge in [-0.05, 0) is 75.5 Å². The molecule has 2 fully saturated rings. The molecular formula is C32H35ClN4O5. The van der Waals surface area contributed by atoms with Gasteiger partial charge in [0, 0.05) is 35.5 Å². The highest BCUT2D eigenvalue weighted by atomic mass is 35.5. The number of rotatable bonds is 11. The number of ketones is 1. The van der Waals surface area contributed by atoms with E-state index in [0.717, 1.165) is 67.0 Å². The molecule has 0 saturated carbocycles. The van der Waals surface area contributed by atoms with Crippen LogP contribution >= 0.6 is 11.6 Å². The number of aromatic nitrogens is 3. The molecule has 0 bridgehead atoms. The number of Topliss-reactive ketones (excluding diaryl/α,β-unsaturated/α-hetero) is 1. The molecule has 2 aliphatic heterocycles. The molecule has 10 heteroatoms. The fourth-order valence-electron chi connectivity index (χ4n) is 5.63. The zero-order valence-corrected chi connectivity index (χ0v) is 24.8. The normalized spacial score (nSPS) is 16.5. The van der Waals surface area contributed by atoms with Gasteiger partial charge in [-0.1, -0.05) is 22.8 Å². The maximum Gasteiger partial charge on any atom is 0.230 e. The topological polar surface area (TPSA) is 99.8 Å². The number of halogens is 1. The molecule has 0 unspecified atom stereocenters. The van der Waals surface area contributed by atoms with Gasteiger partial charge >= 0.3 is 0 Å². The first-order valence-electron chi connectivity index (χ1n) is 14.4. The van der Waals surface area contributed by atoms with Crippen molar-refractivity contribution in [3.8, 4) is 17.4 Å². The molecule has 0 atom stereocenters. The molecule has 1 spiro atoms. The molecule has 4 heterocycles. The van der Waals surface area contributed by atoms with Crippen LogP contribution in [0.1, 0.15) is 41.8 Å². The van der Waals surface area contributed by atoms with Crippen LogP contribution in [0.5, 0.6) is 17.4 Å². The zero-order valence-electron chi connectivity index (χ0n) is 24.0. The molecule has 220 valence electrons. The van der Waals surface area contributed by atoms with Crippen molar-refractivity contribution in [3.05, 3.63) is 70.3 Å². The molecule has 0 radical (unpaired) electrons. The SMILES string of the molecule is Cc1cc(CC(=O)Cc2ccc(Oc3ncnc4cc(OCCCN5CCC6(CC5)COC6)c(C)cc34)cc2Cl)no1. The summed E-state index contributed by atoms with van der Waals surface area (Å²) in [5.74, 6) is 2.44. The molecule has 0 aliphatic carbocycles. The number of carbonyl (C=O) groups excluding carboxylic acids is 1. The quantitative estimate of drug-likeness (QED) is 0.197. The van der Waals surface area contributed by atoms with Crippen molar-refractivity contribution in [3.63, 3.8) is 0 Å². The Hall–Kier alpha value is -3.53. The maximum absolute atomic E-state index is 12.5. The maximum atomic E-state index is 12.5. The highest BCUT2D eigenvalue weighted by Gasteiger charge is 2.40. The highest BCUT2D eigenvalue weighted by molar-refractivity contribution is 6.31. The lowest BCUT2D eigenvalue weighted by molar-refractivity contribution is -0.139. The average molecular weight is 591 g/mol. The van der Waals surface area contributed by atoms with E-state index in [1.807, 2.05) is 19.1 Å². The van der Waals surface area contributed by atoms with Crippen molar-refractivity contribution in [1.82, 2.24) is 20.0 Å². The molecule has 0 amide bonds. The summed E-state index contributed by atoms with van der Waals surface area (Å²) in [5, 5.41) is 5.12. The predicted molar refractivity (Wildman–Crippen MR) is 158 cm³/mol. The molecular weight excluding hydrogens is 556 g/mol. The second kappa shape index (κ2) is 12.4. The summed E-state index contributed by atoms with van der Waals surface area (Å²) >= 11 is 6.52. The number of ether oxygens (including phenoxy) is 3. The Morgan fingerprint density at radius 1 is 1.07 bits per heavy atom. The summed E-state index contributed by atoms with van der Waals surface area (Å²) in [6, 6.07) is 11.0. The van der Waals surface area contributed by atoms with Crippen molar-refractivity contribution < 1.29 is 23.5 Å². The third kappa shape index (κ3) is 6.59. The van der Waals surface area contributed by atoms with Crippen LogP contribution in [0.2, 0.25) is 5.02 Å². The molecule has 2 saturated heterocycles. The second-order valence-electron chi connectivity index (χ2n) is 11.5. The minimum atomic E-state index is -0.00180. The Morgan fingerprint density at radius 3 is 2.62 bits per heavy atom. The van der Waals surface area contributed by atoms with Gasteiger partial charge in [0.05, 0.1) is 42.8 Å². The third-order valence-corrected chi connectivity index (χ3v) is 8.54. The van der Waals surface area contributed by atoms with Crippen molar-refractivity contribution in [2.45, 2.75) is 46.0 Å². The fraction of sp³-hybridized carbons (Fsp3) is 0.438. The van der Waals surface area contributed by atoms with E-state index in [1.165, 1.54) is 19.2 Å². The third-order valence-electron chi connectivity index (χ3n) is 8.19. The minimum Gasteiger partial charge on any atom is -0.493 e. The van der Waals surface area contributed by atoms with E-state index in [1.54, 1.807) is 31.2 Å². The van der Waals surface area contributed by atoms with Crippen molar-refractivity contribution in [2.24, 2.45) is 5.41 Å². The van der Waals surface area contributed by atoms with Crippen LogP contribution in [0.3, 0.4) is 0 Å². The van der Waals surface area contributed by atoms with E-state index in [2.05, 4.69) is 20.0 Å². The van der Waals surface area contributed by atoms with Crippen LogP contribution in [0.25, 0.3) is 10.9 Å². The summed E-state index contributed by atoms with van der Waals surface area (Å²) in [6.07, 6.45) is 5.32. The highest BCUT2D eigenvalue weighted by Crippen LogP contribution is 2.38. The Bertz CT molecular complexity index is 1570. The largest absolute Gasteiger partial charge is 0.493 e. The van der Waals surface area contributed by atoms with Crippen LogP contribution in [0.15, 0.2) is 47.2 Å². The number of benzene rings is 2. The van der Waals surface area contributed by atoms with Crippen molar-refractivity contribution in [2.75, 3.05) is 39.5 Å². The molecule has 2 aliphatic rings. The lowest BCUT2D eigenvalue weighted by atomic mass is 9.77. The number of carbonyl (C=O) groups is 1. The number of aryl methyl sites for hydroxylation is 2. The number of likely N-dealkylation sites (tertiary alicyclic amines) is 1. The van der Waals surface area contributed by atoms with E-state index in [4.69, 9.17) is 30.3 Å². The summed E-state index contributed by atoms with van der Waals surface area (Å²) in [7, 11) is 0. The van der Waals surface area contributed by atoms with Gasteiger partial charge in [0.2, 0.25) is 5.88 Å². The van der Waals surface area contributed by atoms with Gasteiger partial charge in [-0.2, -0.15) is 0 Å². The number of fused-ring (bicyclic) bond motifs is 1. The summed E-state index contributed by atoms with van der Waals surface area (Å²) < 4.78 is 22.8. The van der Waals surface area contributed by atoms with Crippen LogP contribution < -0.4 is 9.47 Å². The Kier molecular flexibility index (Phi) is 8.42. The lowest BCUT2D eigenvalue weighted by Crippen LogP contribution is -2.51. The number of nitrogens with zero attached hydrogens (tertiary/aromatic N) is 4. The van der Waals surface area contributed by atoms with Crippen molar-refractivity contribution in [1.29, 1.82) is 0 Å². The molecule has 9 nitrogen and oxygen atoms in total. The van der Waals surface area contributed by atoms with E-state index in [9.17, 15) is 4.79 Å². The van der Waals surface area contributed by atoms with Gasteiger partial charge in [-0.25, -0.2) is 9.97 Å². The first-order chi connectivity index (χ1) is 20.4. The first kappa shape index (κ1) is 28.6. The Morgan fingerprint density at radius 2 is 1.90 bits per heavy atom. The van der Waals surface area contributed by atoms with Gasteiger partial charge < -0.3 is 23.6 Å². The molecule has 0 N–H and O–H groups in total. The Balaban J connectivity index is 1.05. The van der Waals surface area contributed by atoms with E-state index >= 15 is 0 Å². The number of hydrogen-bond donors (Lipinski definition) is 0. The molecule has 2 aromatic carbocycles. The second-order valence-corrected chi connectivity index (χ2v) is 11.9. The lowest BCUT2D eigenvalue weighted by Gasteiger charge is -2.47. The van der Waals surface area contributed by atoms with Gasteiger partial charge in [-0.3, -0.25) is 4.79 Å². The first-order valence-corrected chi connectivity index (χ1v) is 14.8.